The van der Waals surface area contributed by atoms with Gasteiger partial charge in [0.15, 0.2) is 5.92 Å². The van der Waals surface area contributed by atoms with Gasteiger partial charge in [0, 0.05) is 6.61 Å². The molecule has 0 aliphatic rings. The quantitative estimate of drug-likeness (QED) is 0.480. The van der Waals surface area contributed by atoms with Crippen molar-refractivity contribution >= 4 is 11.9 Å². The molecule has 0 bridgehead atoms. The van der Waals surface area contributed by atoms with E-state index in [1.165, 1.54) is 0 Å². The summed E-state index contributed by atoms with van der Waals surface area (Å²) < 4.78 is 15.0. The zero-order valence-electron chi connectivity index (χ0n) is 11.0. The Morgan fingerprint density at radius 1 is 1.00 bits per heavy atom. The first-order valence-corrected chi connectivity index (χ1v) is 5.97. The summed E-state index contributed by atoms with van der Waals surface area (Å²) >= 11 is 0. The molecule has 0 fully saturated rings. The molecular formula is C12H22O5. The van der Waals surface area contributed by atoms with Crippen molar-refractivity contribution in [3.8, 4) is 0 Å². The lowest BCUT2D eigenvalue weighted by molar-refractivity contribution is -0.162. The molecule has 0 amide bonds. The summed E-state index contributed by atoms with van der Waals surface area (Å²) in [6.07, 6.45) is 0.357. The van der Waals surface area contributed by atoms with Crippen molar-refractivity contribution in [2.75, 3.05) is 19.8 Å². The fraction of sp³-hybridized carbons (Fsp3) is 0.833. The van der Waals surface area contributed by atoms with Gasteiger partial charge in [0.25, 0.3) is 0 Å². The SMILES string of the molecule is CCOC(=O)C(CCOC(C)C)C(=O)OCC. The lowest BCUT2D eigenvalue weighted by Crippen LogP contribution is -2.29. The fourth-order valence-corrected chi connectivity index (χ4v) is 1.24. The van der Waals surface area contributed by atoms with E-state index < -0.39 is 17.9 Å². The highest BCUT2D eigenvalue weighted by Crippen LogP contribution is 2.10. The number of hydrogen-bond acceptors (Lipinski definition) is 5. The van der Waals surface area contributed by atoms with Crippen LogP contribution in [-0.2, 0) is 23.8 Å². The van der Waals surface area contributed by atoms with Crippen LogP contribution in [0.2, 0.25) is 0 Å². The molecule has 0 spiro atoms. The number of ether oxygens (including phenoxy) is 3. The van der Waals surface area contributed by atoms with Crippen LogP contribution in [-0.4, -0.2) is 37.9 Å². The Hall–Kier alpha value is -1.10. The van der Waals surface area contributed by atoms with E-state index >= 15 is 0 Å². The number of carbonyl (C=O) groups excluding carboxylic acids is 2. The first-order chi connectivity index (χ1) is 8.02. The van der Waals surface area contributed by atoms with Crippen LogP contribution in [0.25, 0.3) is 0 Å². The van der Waals surface area contributed by atoms with Crippen molar-refractivity contribution in [1.82, 2.24) is 0 Å². The van der Waals surface area contributed by atoms with Crippen molar-refractivity contribution in [2.24, 2.45) is 5.92 Å². The van der Waals surface area contributed by atoms with Gasteiger partial charge in [-0.1, -0.05) is 0 Å². The third kappa shape index (κ3) is 6.94. The maximum atomic E-state index is 11.6. The van der Waals surface area contributed by atoms with Crippen LogP contribution in [0.4, 0.5) is 0 Å². The first kappa shape index (κ1) is 15.9. The summed E-state index contributed by atoms with van der Waals surface area (Å²) in [7, 11) is 0. The molecule has 17 heavy (non-hydrogen) atoms. The Morgan fingerprint density at radius 3 is 1.82 bits per heavy atom. The van der Waals surface area contributed by atoms with Gasteiger partial charge in [0.2, 0.25) is 0 Å². The highest BCUT2D eigenvalue weighted by Gasteiger charge is 2.29. The minimum absolute atomic E-state index is 0.0695. The molecule has 0 aromatic rings. The van der Waals surface area contributed by atoms with Crippen LogP contribution >= 0.6 is 0 Å². The van der Waals surface area contributed by atoms with Crippen LogP contribution in [0.1, 0.15) is 34.1 Å². The zero-order valence-corrected chi connectivity index (χ0v) is 11.0. The molecule has 0 saturated carbocycles. The Balaban J connectivity index is 4.29. The van der Waals surface area contributed by atoms with E-state index in [1.807, 2.05) is 13.8 Å². The second-order valence-corrected chi connectivity index (χ2v) is 3.76. The number of hydrogen-bond donors (Lipinski definition) is 0. The van der Waals surface area contributed by atoms with Gasteiger partial charge in [-0.2, -0.15) is 0 Å². The highest BCUT2D eigenvalue weighted by molar-refractivity contribution is 5.94. The van der Waals surface area contributed by atoms with Gasteiger partial charge in [-0.15, -0.1) is 0 Å². The van der Waals surface area contributed by atoms with E-state index in [2.05, 4.69) is 0 Å². The maximum Gasteiger partial charge on any atom is 0.320 e. The monoisotopic (exact) mass is 246 g/mol. The molecule has 0 unspecified atom stereocenters. The van der Waals surface area contributed by atoms with Crippen molar-refractivity contribution in [3.63, 3.8) is 0 Å². The molecule has 0 radical (unpaired) electrons. The van der Waals surface area contributed by atoms with E-state index in [1.54, 1.807) is 13.8 Å². The number of carbonyl (C=O) groups is 2. The normalized spacial score (nSPS) is 10.7. The predicted molar refractivity (Wildman–Crippen MR) is 62.5 cm³/mol. The predicted octanol–water partition coefficient (Wildman–Crippen LogP) is 1.54. The second kappa shape index (κ2) is 8.98. The van der Waals surface area contributed by atoms with Crippen LogP contribution in [0.3, 0.4) is 0 Å². The topological polar surface area (TPSA) is 61.8 Å². The largest absolute Gasteiger partial charge is 0.465 e. The second-order valence-electron chi connectivity index (χ2n) is 3.76. The molecule has 0 saturated heterocycles. The van der Waals surface area contributed by atoms with Gasteiger partial charge in [-0.3, -0.25) is 9.59 Å². The molecule has 0 heterocycles. The fourth-order valence-electron chi connectivity index (χ4n) is 1.24. The molecular weight excluding hydrogens is 224 g/mol. The Labute approximate surface area is 102 Å². The first-order valence-electron chi connectivity index (χ1n) is 5.97. The average Bonchev–Trinajstić information content (AvgIpc) is 2.24. The van der Waals surface area contributed by atoms with E-state index in [4.69, 9.17) is 14.2 Å². The Bertz CT molecular complexity index is 219. The van der Waals surface area contributed by atoms with Crippen molar-refractivity contribution in [2.45, 2.75) is 40.2 Å². The molecule has 0 atom stereocenters. The lowest BCUT2D eigenvalue weighted by Gasteiger charge is -2.15. The van der Waals surface area contributed by atoms with Crippen molar-refractivity contribution < 1.29 is 23.8 Å². The molecule has 0 aromatic heterocycles. The van der Waals surface area contributed by atoms with E-state index in [9.17, 15) is 9.59 Å². The molecule has 5 heteroatoms. The molecule has 5 nitrogen and oxygen atoms in total. The van der Waals surface area contributed by atoms with Crippen molar-refractivity contribution in [3.05, 3.63) is 0 Å². The van der Waals surface area contributed by atoms with Crippen LogP contribution in [0.15, 0.2) is 0 Å². The van der Waals surface area contributed by atoms with Gasteiger partial charge in [0.1, 0.15) is 0 Å². The standard InChI is InChI=1S/C12H22O5/c1-5-15-11(13)10(12(14)16-6-2)7-8-17-9(3)4/h9-10H,5-8H2,1-4H3. The molecule has 0 rings (SSSR count). The van der Waals surface area contributed by atoms with Gasteiger partial charge < -0.3 is 14.2 Å². The lowest BCUT2D eigenvalue weighted by atomic mass is 10.1. The summed E-state index contributed by atoms with van der Waals surface area (Å²) in [5, 5.41) is 0. The summed E-state index contributed by atoms with van der Waals surface area (Å²) in [6, 6.07) is 0. The summed E-state index contributed by atoms with van der Waals surface area (Å²) in [4.78, 5) is 23.1. The number of rotatable bonds is 8. The molecule has 0 aromatic carbocycles. The number of esters is 2. The van der Waals surface area contributed by atoms with E-state index in [0.29, 0.717) is 6.61 Å². The Kier molecular flexibility index (Phi) is 8.40. The van der Waals surface area contributed by atoms with Crippen molar-refractivity contribution in [1.29, 1.82) is 0 Å². The molecule has 100 valence electrons. The zero-order chi connectivity index (χ0) is 13.3. The Morgan fingerprint density at radius 2 is 1.47 bits per heavy atom. The molecule has 0 aliphatic carbocycles. The van der Waals surface area contributed by atoms with Gasteiger partial charge in [-0.05, 0) is 34.1 Å². The summed E-state index contributed by atoms with van der Waals surface area (Å²) in [5.41, 5.74) is 0. The van der Waals surface area contributed by atoms with Crippen LogP contribution in [0.5, 0.6) is 0 Å². The van der Waals surface area contributed by atoms with Gasteiger partial charge in [-0.25, -0.2) is 0 Å². The minimum Gasteiger partial charge on any atom is -0.465 e. The third-order valence-electron chi connectivity index (χ3n) is 2.00. The summed E-state index contributed by atoms with van der Waals surface area (Å²) in [5.74, 6) is -1.97. The summed E-state index contributed by atoms with van der Waals surface area (Å²) in [6.45, 7) is 8.02. The van der Waals surface area contributed by atoms with Crippen LogP contribution < -0.4 is 0 Å². The van der Waals surface area contributed by atoms with Gasteiger partial charge in [0.05, 0.1) is 19.3 Å². The molecule has 0 N–H and O–H groups in total. The highest BCUT2D eigenvalue weighted by atomic mass is 16.6. The minimum atomic E-state index is -0.881. The maximum absolute atomic E-state index is 11.6. The smallest absolute Gasteiger partial charge is 0.320 e. The third-order valence-corrected chi connectivity index (χ3v) is 2.00. The average molecular weight is 246 g/mol. The molecule has 0 aliphatic heterocycles. The van der Waals surface area contributed by atoms with E-state index in [0.717, 1.165) is 0 Å². The van der Waals surface area contributed by atoms with Crippen LogP contribution in [0, 0.1) is 5.92 Å². The van der Waals surface area contributed by atoms with E-state index in [-0.39, 0.29) is 25.7 Å². The van der Waals surface area contributed by atoms with Gasteiger partial charge >= 0.3 is 11.9 Å².